The van der Waals surface area contributed by atoms with Crippen LogP contribution in [0.15, 0.2) is 43.0 Å². The standard InChI is InChI=1S/C15H21NO2/c1-3-12-16-14(15(17)18-4-2)11-10-13-8-6-5-7-9-13/h3,5-9,14,16H,1,4,10-12H2,2H3. The Bertz CT molecular complexity index is 362. The molecule has 0 aliphatic heterocycles. The predicted molar refractivity (Wildman–Crippen MR) is 73.4 cm³/mol. The van der Waals surface area contributed by atoms with E-state index in [1.807, 2.05) is 25.1 Å². The fraction of sp³-hybridized carbons (Fsp3) is 0.400. The third-order valence-corrected chi connectivity index (χ3v) is 2.64. The summed E-state index contributed by atoms with van der Waals surface area (Å²) in [6, 6.07) is 9.87. The van der Waals surface area contributed by atoms with E-state index < -0.39 is 0 Å². The minimum Gasteiger partial charge on any atom is -0.465 e. The van der Waals surface area contributed by atoms with E-state index >= 15 is 0 Å². The Morgan fingerprint density at radius 3 is 2.78 bits per heavy atom. The van der Waals surface area contributed by atoms with Gasteiger partial charge in [0.25, 0.3) is 0 Å². The van der Waals surface area contributed by atoms with Crippen molar-refractivity contribution in [3.05, 3.63) is 48.6 Å². The molecule has 18 heavy (non-hydrogen) atoms. The Labute approximate surface area is 109 Å². The van der Waals surface area contributed by atoms with Gasteiger partial charge in [-0.15, -0.1) is 6.58 Å². The van der Waals surface area contributed by atoms with E-state index in [0.29, 0.717) is 13.2 Å². The van der Waals surface area contributed by atoms with Crippen LogP contribution in [0.25, 0.3) is 0 Å². The second kappa shape index (κ2) is 8.48. The highest BCUT2D eigenvalue weighted by Gasteiger charge is 2.18. The molecule has 0 aromatic heterocycles. The zero-order chi connectivity index (χ0) is 13.2. The van der Waals surface area contributed by atoms with Crippen LogP contribution in [0, 0.1) is 0 Å². The molecule has 1 rings (SSSR count). The van der Waals surface area contributed by atoms with Crippen LogP contribution in [0.2, 0.25) is 0 Å². The van der Waals surface area contributed by atoms with Crippen LogP contribution in [0.1, 0.15) is 18.9 Å². The number of carbonyl (C=O) groups is 1. The van der Waals surface area contributed by atoms with E-state index in [1.165, 1.54) is 5.56 Å². The summed E-state index contributed by atoms with van der Waals surface area (Å²) < 4.78 is 5.05. The van der Waals surface area contributed by atoms with E-state index in [1.54, 1.807) is 6.08 Å². The van der Waals surface area contributed by atoms with Gasteiger partial charge in [-0.25, -0.2) is 0 Å². The van der Waals surface area contributed by atoms with Gasteiger partial charge in [-0.05, 0) is 25.3 Å². The number of hydrogen-bond acceptors (Lipinski definition) is 3. The smallest absolute Gasteiger partial charge is 0.323 e. The van der Waals surface area contributed by atoms with Crippen molar-refractivity contribution < 1.29 is 9.53 Å². The summed E-state index contributed by atoms with van der Waals surface area (Å²) in [6.07, 6.45) is 3.33. The molecule has 0 spiro atoms. The van der Waals surface area contributed by atoms with Crippen molar-refractivity contribution >= 4 is 5.97 Å². The molecule has 1 N–H and O–H groups in total. The third kappa shape index (κ3) is 5.15. The van der Waals surface area contributed by atoms with Crippen LogP contribution < -0.4 is 5.32 Å². The Balaban J connectivity index is 2.49. The van der Waals surface area contributed by atoms with E-state index in [2.05, 4.69) is 24.0 Å². The van der Waals surface area contributed by atoms with Crippen molar-refractivity contribution in [1.29, 1.82) is 0 Å². The number of aryl methyl sites for hydroxylation is 1. The van der Waals surface area contributed by atoms with Crippen LogP contribution in [-0.4, -0.2) is 25.2 Å². The monoisotopic (exact) mass is 247 g/mol. The fourth-order valence-electron chi connectivity index (χ4n) is 1.73. The first-order chi connectivity index (χ1) is 8.77. The molecule has 0 saturated heterocycles. The number of hydrogen-bond donors (Lipinski definition) is 1. The number of carbonyl (C=O) groups excluding carboxylic acids is 1. The van der Waals surface area contributed by atoms with Crippen molar-refractivity contribution in [3.63, 3.8) is 0 Å². The molecular formula is C15H21NO2. The van der Waals surface area contributed by atoms with E-state index in [-0.39, 0.29) is 12.0 Å². The Morgan fingerprint density at radius 2 is 2.17 bits per heavy atom. The van der Waals surface area contributed by atoms with Crippen LogP contribution in [0.3, 0.4) is 0 Å². The first-order valence-corrected chi connectivity index (χ1v) is 6.32. The molecule has 0 bridgehead atoms. The molecule has 3 nitrogen and oxygen atoms in total. The molecule has 0 radical (unpaired) electrons. The lowest BCUT2D eigenvalue weighted by Crippen LogP contribution is -2.38. The number of rotatable bonds is 8. The Kier molecular flexibility index (Phi) is 6.81. The molecule has 1 atom stereocenters. The maximum Gasteiger partial charge on any atom is 0.323 e. The highest BCUT2D eigenvalue weighted by molar-refractivity contribution is 5.75. The summed E-state index contributed by atoms with van der Waals surface area (Å²) in [5.74, 6) is -0.185. The molecular weight excluding hydrogens is 226 g/mol. The minimum atomic E-state index is -0.261. The first kappa shape index (κ1) is 14.5. The molecule has 0 aliphatic carbocycles. The summed E-state index contributed by atoms with van der Waals surface area (Å²) in [6.45, 7) is 6.48. The molecule has 98 valence electrons. The number of nitrogens with one attached hydrogen (secondary N) is 1. The maximum atomic E-state index is 11.8. The van der Waals surface area contributed by atoms with Gasteiger partial charge in [-0.1, -0.05) is 36.4 Å². The molecule has 1 unspecified atom stereocenters. The number of esters is 1. The average molecular weight is 247 g/mol. The van der Waals surface area contributed by atoms with Gasteiger partial charge in [0.2, 0.25) is 0 Å². The summed E-state index contributed by atoms with van der Waals surface area (Å²) in [4.78, 5) is 11.8. The fourth-order valence-corrected chi connectivity index (χ4v) is 1.73. The third-order valence-electron chi connectivity index (χ3n) is 2.64. The van der Waals surface area contributed by atoms with Crippen molar-refractivity contribution in [2.75, 3.05) is 13.2 Å². The number of ether oxygens (including phenoxy) is 1. The number of benzene rings is 1. The van der Waals surface area contributed by atoms with Gasteiger partial charge < -0.3 is 10.1 Å². The van der Waals surface area contributed by atoms with Crippen LogP contribution >= 0.6 is 0 Å². The van der Waals surface area contributed by atoms with Gasteiger partial charge in [-0.2, -0.15) is 0 Å². The molecule has 3 heteroatoms. The zero-order valence-electron chi connectivity index (χ0n) is 10.9. The second-order valence-corrected chi connectivity index (χ2v) is 4.03. The Morgan fingerprint density at radius 1 is 1.44 bits per heavy atom. The van der Waals surface area contributed by atoms with Crippen molar-refractivity contribution in [1.82, 2.24) is 5.32 Å². The van der Waals surface area contributed by atoms with Crippen LogP contribution in [-0.2, 0) is 16.0 Å². The summed E-state index contributed by atoms with van der Waals surface area (Å²) in [7, 11) is 0. The van der Waals surface area contributed by atoms with Gasteiger partial charge >= 0.3 is 5.97 Å². The molecule has 0 aliphatic rings. The van der Waals surface area contributed by atoms with E-state index in [0.717, 1.165) is 12.8 Å². The highest BCUT2D eigenvalue weighted by Crippen LogP contribution is 2.06. The normalized spacial score (nSPS) is 11.8. The lowest BCUT2D eigenvalue weighted by Gasteiger charge is -2.16. The lowest BCUT2D eigenvalue weighted by molar-refractivity contribution is -0.145. The molecule has 0 heterocycles. The summed E-state index contributed by atoms with van der Waals surface area (Å²) in [5.41, 5.74) is 1.23. The SMILES string of the molecule is C=CCNC(CCc1ccccc1)C(=O)OCC. The van der Waals surface area contributed by atoms with Crippen LogP contribution in [0.5, 0.6) is 0 Å². The molecule has 1 aromatic carbocycles. The zero-order valence-corrected chi connectivity index (χ0v) is 10.9. The highest BCUT2D eigenvalue weighted by atomic mass is 16.5. The van der Waals surface area contributed by atoms with E-state index in [4.69, 9.17) is 4.74 Å². The quantitative estimate of drug-likeness (QED) is 0.566. The van der Waals surface area contributed by atoms with Gasteiger partial charge in [-0.3, -0.25) is 4.79 Å². The summed E-state index contributed by atoms with van der Waals surface area (Å²) in [5, 5.41) is 3.13. The topological polar surface area (TPSA) is 38.3 Å². The molecule has 0 amide bonds. The maximum absolute atomic E-state index is 11.8. The second-order valence-electron chi connectivity index (χ2n) is 4.03. The lowest BCUT2D eigenvalue weighted by atomic mass is 10.1. The molecule has 1 aromatic rings. The van der Waals surface area contributed by atoms with Gasteiger partial charge in [0.1, 0.15) is 6.04 Å². The van der Waals surface area contributed by atoms with Gasteiger partial charge in [0.15, 0.2) is 0 Å². The Hall–Kier alpha value is -1.61. The van der Waals surface area contributed by atoms with Crippen molar-refractivity contribution in [2.45, 2.75) is 25.8 Å². The van der Waals surface area contributed by atoms with Crippen LogP contribution in [0.4, 0.5) is 0 Å². The van der Waals surface area contributed by atoms with E-state index in [9.17, 15) is 4.79 Å². The largest absolute Gasteiger partial charge is 0.465 e. The average Bonchev–Trinajstić information content (AvgIpc) is 2.40. The minimum absolute atomic E-state index is 0.185. The van der Waals surface area contributed by atoms with Crippen molar-refractivity contribution in [2.24, 2.45) is 0 Å². The van der Waals surface area contributed by atoms with Gasteiger partial charge in [0, 0.05) is 6.54 Å². The predicted octanol–water partition coefficient (Wildman–Crippen LogP) is 2.33. The first-order valence-electron chi connectivity index (χ1n) is 6.32. The molecule has 0 fully saturated rings. The van der Waals surface area contributed by atoms with Crippen molar-refractivity contribution in [3.8, 4) is 0 Å². The summed E-state index contributed by atoms with van der Waals surface area (Å²) >= 11 is 0. The molecule has 0 saturated carbocycles. The van der Waals surface area contributed by atoms with Gasteiger partial charge in [0.05, 0.1) is 6.61 Å².